The second-order valence-electron chi connectivity index (χ2n) is 7.68. The molecule has 29 heavy (non-hydrogen) atoms. The van der Waals surface area contributed by atoms with Gasteiger partial charge < -0.3 is 14.5 Å². The minimum atomic E-state index is -0.334. The number of amides is 1. The summed E-state index contributed by atoms with van der Waals surface area (Å²) in [6.45, 7) is 3.95. The topological polar surface area (TPSA) is 68.4 Å². The van der Waals surface area contributed by atoms with Crippen molar-refractivity contribution in [1.82, 2.24) is 4.90 Å². The molecule has 1 amide bonds. The molecule has 0 saturated carbocycles. The SMILES string of the molecule is COC(=O)[C@H]1Cc2ccccc2C[NH+]1CC(=O)N1CCN(c2cccc[nH+]2)CC1. The zero-order chi connectivity index (χ0) is 20.2. The van der Waals surface area contributed by atoms with Gasteiger partial charge in [0.1, 0.15) is 19.6 Å². The van der Waals surface area contributed by atoms with Crippen LogP contribution in [0.3, 0.4) is 0 Å². The van der Waals surface area contributed by atoms with Crippen LogP contribution in [-0.2, 0) is 27.3 Å². The summed E-state index contributed by atoms with van der Waals surface area (Å²) >= 11 is 0. The fourth-order valence-electron chi connectivity index (χ4n) is 4.32. The molecule has 1 aromatic carbocycles. The summed E-state index contributed by atoms with van der Waals surface area (Å²) in [6, 6.07) is 13.8. The molecule has 4 rings (SSSR count). The van der Waals surface area contributed by atoms with Crippen LogP contribution in [0.25, 0.3) is 0 Å². The predicted octanol–water partition coefficient (Wildman–Crippen LogP) is -0.668. The lowest BCUT2D eigenvalue weighted by molar-refractivity contribution is -0.925. The maximum atomic E-state index is 13.0. The fraction of sp³-hybridized carbons (Fsp3) is 0.409. The van der Waals surface area contributed by atoms with Gasteiger partial charge in [0, 0.05) is 18.1 Å². The number of carbonyl (C=O) groups excluding carboxylic acids is 2. The summed E-state index contributed by atoms with van der Waals surface area (Å²) in [7, 11) is 1.42. The molecule has 2 N–H and O–H groups in total. The monoisotopic (exact) mass is 396 g/mol. The lowest BCUT2D eigenvalue weighted by Crippen LogP contribution is -3.17. The predicted molar refractivity (Wildman–Crippen MR) is 107 cm³/mol. The number of aromatic amines is 1. The first-order valence-electron chi connectivity index (χ1n) is 10.1. The number of nitrogens with one attached hydrogen (secondary N) is 2. The van der Waals surface area contributed by atoms with E-state index in [2.05, 4.69) is 22.0 Å². The molecule has 2 aromatic rings. The third kappa shape index (κ3) is 4.24. The molecule has 2 aliphatic heterocycles. The van der Waals surface area contributed by atoms with E-state index in [-0.39, 0.29) is 17.9 Å². The number of ether oxygens (including phenoxy) is 1. The van der Waals surface area contributed by atoms with Gasteiger partial charge in [-0.3, -0.25) is 9.69 Å². The molecule has 1 saturated heterocycles. The molecular formula is C22H28N4O3+2. The second-order valence-corrected chi connectivity index (χ2v) is 7.68. The molecule has 7 heteroatoms. The Morgan fingerprint density at radius 2 is 1.79 bits per heavy atom. The minimum absolute atomic E-state index is 0.102. The van der Waals surface area contributed by atoms with E-state index in [1.54, 1.807) is 0 Å². The number of H-pyrrole nitrogens is 1. The van der Waals surface area contributed by atoms with E-state index in [1.807, 2.05) is 41.4 Å². The third-order valence-corrected chi connectivity index (χ3v) is 5.98. The number of benzene rings is 1. The zero-order valence-electron chi connectivity index (χ0n) is 16.8. The van der Waals surface area contributed by atoms with Gasteiger partial charge in [-0.25, -0.2) is 9.78 Å². The number of hydrogen-bond donors (Lipinski definition) is 1. The number of carbonyl (C=O) groups is 2. The van der Waals surface area contributed by atoms with Crippen molar-refractivity contribution < 1.29 is 24.2 Å². The van der Waals surface area contributed by atoms with Crippen LogP contribution in [0.5, 0.6) is 0 Å². The lowest BCUT2D eigenvalue weighted by Gasteiger charge is -2.35. The summed E-state index contributed by atoms with van der Waals surface area (Å²) in [6.07, 6.45) is 2.53. The molecule has 2 aliphatic rings. The largest absolute Gasteiger partial charge is 0.465 e. The van der Waals surface area contributed by atoms with E-state index >= 15 is 0 Å². The van der Waals surface area contributed by atoms with Crippen molar-refractivity contribution in [2.24, 2.45) is 0 Å². The minimum Gasteiger partial charge on any atom is -0.465 e. The summed E-state index contributed by atoms with van der Waals surface area (Å²) in [5, 5.41) is 0. The molecule has 0 spiro atoms. The molecule has 1 unspecified atom stereocenters. The van der Waals surface area contributed by atoms with E-state index in [9.17, 15) is 9.59 Å². The van der Waals surface area contributed by atoms with Crippen LogP contribution >= 0.6 is 0 Å². The van der Waals surface area contributed by atoms with Gasteiger partial charge in [0.25, 0.3) is 11.7 Å². The number of anilines is 1. The number of methoxy groups -OCH3 is 1. The van der Waals surface area contributed by atoms with Gasteiger partial charge in [-0.15, -0.1) is 0 Å². The third-order valence-electron chi connectivity index (χ3n) is 5.98. The summed E-state index contributed by atoms with van der Waals surface area (Å²) in [5.74, 6) is 0.931. The van der Waals surface area contributed by atoms with Crippen LogP contribution in [0, 0.1) is 0 Å². The maximum absolute atomic E-state index is 13.0. The standard InChI is InChI=1S/C22H26N4O3/c1-29-22(28)19-14-17-6-2-3-7-18(17)15-26(19)16-21(27)25-12-10-24(11-13-25)20-8-4-5-9-23-20/h2-9,19H,10-16H2,1H3/p+2/t19-/m1/s1. The highest BCUT2D eigenvalue weighted by atomic mass is 16.5. The second kappa shape index (κ2) is 8.61. The van der Waals surface area contributed by atoms with Gasteiger partial charge in [-0.2, -0.15) is 0 Å². The number of esters is 1. The van der Waals surface area contributed by atoms with Crippen molar-refractivity contribution >= 4 is 17.7 Å². The van der Waals surface area contributed by atoms with Gasteiger partial charge in [-0.05, 0) is 11.6 Å². The number of rotatable bonds is 4. The van der Waals surface area contributed by atoms with Crippen LogP contribution in [-0.4, -0.2) is 62.7 Å². The number of nitrogens with zero attached hydrogens (tertiary/aromatic N) is 2. The van der Waals surface area contributed by atoms with Gasteiger partial charge >= 0.3 is 5.97 Å². The summed E-state index contributed by atoms with van der Waals surface area (Å²) in [5.41, 5.74) is 2.38. The number of quaternary nitrogens is 1. The van der Waals surface area contributed by atoms with Crippen molar-refractivity contribution in [3.63, 3.8) is 0 Å². The first-order valence-corrected chi connectivity index (χ1v) is 10.1. The van der Waals surface area contributed by atoms with Crippen LogP contribution in [0.1, 0.15) is 11.1 Å². The van der Waals surface area contributed by atoms with Crippen molar-refractivity contribution in [3.8, 4) is 0 Å². The molecule has 0 aliphatic carbocycles. The van der Waals surface area contributed by atoms with Gasteiger partial charge in [0.05, 0.1) is 26.4 Å². The van der Waals surface area contributed by atoms with Crippen LogP contribution in [0.15, 0.2) is 48.7 Å². The van der Waals surface area contributed by atoms with Crippen LogP contribution in [0.2, 0.25) is 0 Å². The normalized spacial score (nSPS) is 21.4. The van der Waals surface area contributed by atoms with E-state index in [0.29, 0.717) is 32.6 Å². The Bertz CT molecular complexity index is 865. The van der Waals surface area contributed by atoms with Gasteiger partial charge in [0.15, 0.2) is 12.6 Å². The molecule has 1 aromatic heterocycles. The van der Waals surface area contributed by atoms with E-state index < -0.39 is 0 Å². The van der Waals surface area contributed by atoms with Crippen molar-refractivity contribution in [1.29, 1.82) is 0 Å². The molecule has 2 atom stereocenters. The highest BCUT2D eigenvalue weighted by molar-refractivity contribution is 5.79. The Kier molecular flexibility index (Phi) is 5.76. The maximum Gasteiger partial charge on any atom is 0.365 e. The van der Waals surface area contributed by atoms with E-state index in [0.717, 1.165) is 23.8 Å². The number of hydrogen-bond acceptors (Lipinski definition) is 4. The van der Waals surface area contributed by atoms with Crippen LogP contribution < -0.4 is 14.8 Å². The van der Waals surface area contributed by atoms with Gasteiger partial charge in [-0.1, -0.05) is 30.3 Å². The summed E-state index contributed by atoms with van der Waals surface area (Å²) < 4.78 is 5.03. The molecule has 3 heterocycles. The molecule has 152 valence electrons. The quantitative estimate of drug-likeness (QED) is 0.697. The number of piperazine rings is 1. The first kappa shape index (κ1) is 19.4. The number of aromatic nitrogens is 1. The lowest BCUT2D eigenvalue weighted by atomic mass is 9.94. The molecule has 0 radical (unpaired) electrons. The molecule has 7 nitrogen and oxygen atoms in total. The van der Waals surface area contributed by atoms with Crippen molar-refractivity contribution in [2.45, 2.75) is 19.0 Å². The van der Waals surface area contributed by atoms with E-state index in [1.165, 1.54) is 18.2 Å². The smallest absolute Gasteiger partial charge is 0.365 e. The molecule has 1 fully saturated rings. The zero-order valence-corrected chi connectivity index (χ0v) is 16.8. The average Bonchev–Trinajstić information content (AvgIpc) is 2.78. The number of fused-ring (bicyclic) bond motifs is 1. The molecule has 0 bridgehead atoms. The highest BCUT2D eigenvalue weighted by Crippen LogP contribution is 2.15. The van der Waals surface area contributed by atoms with Gasteiger partial charge in [0.2, 0.25) is 0 Å². The first-order chi connectivity index (χ1) is 14.2. The molecular weight excluding hydrogens is 368 g/mol. The Morgan fingerprint density at radius 1 is 1.07 bits per heavy atom. The Hall–Kier alpha value is -2.93. The Morgan fingerprint density at radius 3 is 2.48 bits per heavy atom. The highest BCUT2D eigenvalue weighted by Gasteiger charge is 2.38. The summed E-state index contributed by atoms with van der Waals surface area (Å²) in [4.78, 5) is 33.8. The van der Waals surface area contributed by atoms with E-state index in [4.69, 9.17) is 4.74 Å². The van der Waals surface area contributed by atoms with Crippen molar-refractivity contribution in [3.05, 3.63) is 59.8 Å². The Labute approximate surface area is 170 Å². The average molecular weight is 396 g/mol. The fourth-order valence-corrected chi connectivity index (χ4v) is 4.32. The number of pyridine rings is 1. The van der Waals surface area contributed by atoms with Crippen molar-refractivity contribution in [2.75, 3.05) is 44.7 Å². The Balaban J connectivity index is 1.40. The van der Waals surface area contributed by atoms with Crippen LogP contribution in [0.4, 0.5) is 5.82 Å².